The molecular formula is C15H8Cl2FN3. The van der Waals surface area contributed by atoms with Crippen LogP contribution in [0.25, 0.3) is 22.6 Å². The number of benzene rings is 1. The smallest absolute Gasteiger partial charge is 0.181 e. The Morgan fingerprint density at radius 1 is 0.857 bits per heavy atom. The number of hydrogen-bond donors (Lipinski definition) is 0. The molecule has 2 aromatic heterocycles. The van der Waals surface area contributed by atoms with Crippen molar-refractivity contribution in [1.82, 2.24) is 15.0 Å². The predicted molar refractivity (Wildman–Crippen MR) is 80.7 cm³/mol. The third kappa shape index (κ3) is 2.86. The zero-order chi connectivity index (χ0) is 14.8. The molecule has 104 valence electrons. The van der Waals surface area contributed by atoms with Gasteiger partial charge in [-0.2, -0.15) is 0 Å². The highest BCUT2D eigenvalue weighted by atomic mass is 35.5. The second-order valence-electron chi connectivity index (χ2n) is 4.23. The van der Waals surface area contributed by atoms with Gasteiger partial charge < -0.3 is 0 Å². The Morgan fingerprint density at radius 2 is 1.52 bits per heavy atom. The van der Waals surface area contributed by atoms with Crippen molar-refractivity contribution in [2.45, 2.75) is 0 Å². The lowest BCUT2D eigenvalue weighted by molar-refractivity contribution is 0.621. The summed E-state index contributed by atoms with van der Waals surface area (Å²) in [6.45, 7) is 0. The summed E-state index contributed by atoms with van der Waals surface area (Å²) in [5.74, 6) is -0.179. The number of rotatable bonds is 2. The van der Waals surface area contributed by atoms with E-state index in [1.165, 1.54) is 12.1 Å². The van der Waals surface area contributed by atoms with Crippen LogP contribution < -0.4 is 0 Å². The lowest BCUT2D eigenvalue weighted by Gasteiger charge is -2.08. The van der Waals surface area contributed by atoms with Crippen molar-refractivity contribution >= 4 is 23.2 Å². The first kappa shape index (κ1) is 13.9. The second-order valence-corrected chi connectivity index (χ2v) is 4.95. The zero-order valence-corrected chi connectivity index (χ0v) is 12.1. The largest absolute Gasteiger partial charge is 0.250 e. The Hall–Kier alpha value is -2.04. The molecule has 0 saturated carbocycles. The lowest BCUT2D eigenvalue weighted by atomic mass is 10.1. The zero-order valence-electron chi connectivity index (χ0n) is 10.6. The molecule has 0 amide bonds. The minimum atomic E-state index is -0.433. The molecule has 2 heterocycles. The van der Waals surface area contributed by atoms with Crippen LogP contribution in [0.5, 0.6) is 0 Å². The summed E-state index contributed by atoms with van der Waals surface area (Å²) < 4.78 is 12.9. The van der Waals surface area contributed by atoms with Crippen LogP contribution in [0.4, 0.5) is 4.39 Å². The van der Waals surface area contributed by atoms with Crippen molar-refractivity contribution in [3.05, 3.63) is 64.8 Å². The van der Waals surface area contributed by atoms with Crippen molar-refractivity contribution in [3.8, 4) is 22.6 Å². The van der Waals surface area contributed by atoms with Crippen LogP contribution in [-0.2, 0) is 0 Å². The molecule has 0 aliphatic carbocycles. The Labute approximate surface area is 130 Å². The molecule has 0 atom stereocenters. The van der Waals surface area contributed by atoms with E-state index in [0.717, 1.165) is 11.8 Å². The van der Waals surface area contributed by atoms with Gasteiger partial charge in [0.1, 0.15) is 21.8 Å². The number of hydrogen-bond acceptors (Lipinski definition) is 3. The molecule has 0 spiro atoms. The van der Waals surface area contributed by atoms with Crippen LogP contribution in [0.15, 0.2) is 48.7 Å². The van der Waals surface area contributed by atoms with E-state index >= 15 is 0 Å². The van der Waals surface area contributed by atoms with Gasteiger partial charge in [-0.1, -0.05) is 53.5 Å². The summed E-state index contributed by atoms with van der Waals surface area (Å²) >= 11 is 12.4. The fraction of sp³-hybridized carbons (Fsp3) is 0. The first-order valence-corrected chi connectivity index (χ1v) is 6.81. The Morgan fingerprint density at radius 3 is 2.10 bits per heavy atom. The van der Waals surface area contributed by atoms with Crippen molar-refractivity contribution < 1.29 is 4.39 Å². The molecule has 3 rings (SSSR count). The highest BCUT2D eigenvalue weighted by Gasteiger charge is 2.15. The molecule has 3 nitrogen and oxygen atoms in total. The van der Waals surface area contributed by atoms with Gasteiger partial charge in [-0.05, 0) is 17.7 Å². The normalized spacial score (nSPS) is 10.6. The molecule has 1 aromatic carbocycles. The molecule has 0 saturated heterocycles. The third-order valence-corrected chi connectivity index (χ3v) is 3.39. The summed E-state index contributed by atoms with van der Waals surface area (Å²) in [6.07, 6.45) is 1.09. The topological polar surface area (TPSA) is 38.7 Å². The van der Waals surface area contributed by atoms with Gasteiger partial charge in [-0.3, -0.25) is 0 Å². The number of aromatic nitrogens is 3. The van der Waals surface area contributed by atoms with Gasteiger partial charge in [0, 0.05) is 0 Å². The number of halogens is 3. The molecule has 0 aliphatic heterocycles. The predicted octanol–water partition coefficient (Wildman–Crippen LogP) is 4.65. The van der Waals surface area contributed by atoms with Gasteiger partial charge in [0.15, 0.2) is 5.82 Å². The van der Waals surface area contributed by atoms with E-state index in [4.69, 9.17) is 23.2 Å². The highest BCUT2D eigenvalue weighted by Crippen LogP contribution is 2.33. The maximum absolute atomic E-state index is 12.9. The fourth-order valence-corrected chi connectivity index (χ4v) is 2.48. The van der Waals surface area contributed by atoms with E-state index in [-0.39, 0.29) is 16.1 Å². The molecule has 0 N–H and O–H groups in total. The van der Waals surface area contributed by atoms with E-state index in [1.807, 2.05) is 30.3 Å². The number of pyridine rings is 1. The quantitative estimate of drug-likeness (QED) is 0.645. The summed E-state index contributed by atoms with van der Waals surface area (Å²) in [5, 5.41) is 0.449. The summed E-state index contributed by atoms with van der Waals surface area (Å²) in [6, 6.07) is 12.1. The van der Waals surface area contributed by atoms with Crippen LogP contribution in [0.2, 0.25) is 10.3 Å². The van der Waals surface area contributed by atoms with Crippen molar-refractivity contribution in [1.29, 1.82) is 0 Å². The number of nitrogens with zero attached hydrogens (tertiary/aromatic N) is 3. The summed E-state index contributed by atoms with van der Waals surface area (Å²) in [7, 11) is 0. The van der Waals surface area contributed by atoms with Crippen LogP contribution in [0.3, 0.4) is 0 Å². The van der Waals surface area contributed by atoms with Crippen LogP contribution in [-0.4, -0.2) is 15.0 Å². The molecule has 0 aliphatic rings. The maximum Gasteiger partial charge on any atom is 0.181 e. The van der Waals surface area contributed by atoms with E-state index in [9.17, 15) is 4.39 Å². The van der Waals surface area contributed by atoms with E-state index in [2.05, 4.69) is 15.0 Å². The van der Waals surface area contributed by atoms with Gasteiger partial charge >= 0.3 is 0 Å². The molecule has 0 bridgehead atoms. The monoisotopic (exact) mass is 319 g/mol. The van der Waals surface area contributed by atoms with E-state index < -0.39 is 5.82 Å². The first-order valence-electron chi connectivity index (χ1n) is 6.05. The van der Waals surface area contributed by atoms with E-state index in [1.54, 1.807) is 0 Å². The molecule has 0 unspecified atom stereocenters. The van der Waals surface area contributed by atoms with Crippen molar-refractivity contribution in [2.75, 3.05) is 0 Å². The fourth-order valence-electron chi connectivity index (χ4n) is 1.87. The second kappa shape index (κ2) is 5.76. The minimum absolute atomic E-state index is 0.224. The average Bonchev–Trinajstić information content (AvgIpc) is 2.48. The Bertz CT molecular complexity index is 754. The van der Waals surface area contributed by atoms with Gasteiger partial charge in [0.2, 0.25) is 0 Å². The van der Waals surface area contributed by atoms with Crippen LogP contribution >= 0.6 is 23.2 Å². The minimum Gasteiger partial charge on any atom is -0.250 e. The molecular weight excluding hydrogens is 312 g/mol. The molecule has 21 heavy (non-hydrogen) atoms. The Kier molecular flexibility index (Phi) is 3.82. The van der Waals surface area contributed by atoms with Gasteiger partial charge in [0.05, 0.1) is 11.8 Å². The molecule has 6 heteroatoms. The SMILES string of the molecule is Fc1ccc(-c2nc(Cl)c(-c3ccccc3)c(Cl)n2)nc1. The lowest BCUT2D eigenvalue weighted by Crippen LogP contribution is -1.96. The van der Waals surface area contributed by atoms with Crippen LogP contribution in [0, 0.1) is 5.82 Å². The first-order chi connectivity index (χ1) is 10.1. The summed E-state index contributed by atoms with van der Waals surface area (Å²) in [5.41, 5.74) is 1.79. The third-order valence-electron chi connectivity index (χ3n) is 2.84. The highest BCUT2D eigenvalue weighted by molar-refractivity contribution is 6.37. The standard InChI is InChI=1S/C15H8Cl2FN3/c16-13-12(9-4-2-1-3-5-9)14(17)21-15(20-13)11-7-6-10(18)8-19-11/h1-8H. The maximum atomic E-state index is 12.9. The Balaban J connectivity index is 2.10. The van der Waals surface area contributed by atoms with Crippen molar-refractivity contribution in [3.63, 3.8) is 0 Å². The van der Waals surface area contributed by atoms with Crippen molar-refractivity contribution in [2.24, 2.45) is 0 Å². The van der Waals surface area contributed by atoms with Gasteiger partial charge in [-0.15, -0.1) is 0 Å². The van der Waals surface area contributed by atoms with Gasteiger partial charge in [0.25, 0.3) is 0 Å². The van der Waals surface area contributed by atoms with Gasteiger partial charge in [-0.25, -0.2) is 19.3 Å². The van der Waals surface area contributed by atoms with E-state index in [0.29, 0.717) is 11.3 Å². The van der Waals surface area contributed by atoms with Crippen LogP contribution in [0.1, 0.15) is 0 Å². The average molecular weight is 320 g/mol. The molecule has 0 fully saturated rings. The summed E-state index contributed by atoms with van der Waals surface area (Å²) in [4.78, 5) is 12.3. The molecule has 3 aromatic rings. The molecule has 0 radical (unpaired) electrons.